The predicted molar refractivity (Wildman–Crippen MR) is 77.8 cm³/mol. The Labute approximate surface area is 119 Å². The number of aliphatic hydroxyl groups excluding tert-OH is 1. The topological polar surface area (TPSA) is 61.8 Å². The maximum Gasteiger partial charge on any atom is 0.238 e. The lowest BCUT2D eigenvalue weighted by molar-refractivity contribution is -0.120. The van der Waals surface area contributed by atoms with Gasteiger partial charge in [-0.15, -0.1) is 0 Å². The highest BCUT2D eigenvalue weighted by atomic mass is 16.5. The van der Waals surface area contributed by atoms with E-state index in [0.717, 1.165) is 16.8 Å². The summed E-state index contributed by atoms with van der Waals surface area (Å²) in [6, 6.07) is 5.85. The number of nitrogens with zero attached hydrogens (tertiary/aromatic N) is 1. The van der Waals surface area contributed by atoms with Gasteiger partial charge in [-0.2, -0.15) is 0 Å². The Hall–Kier alpha value is -1.43. The van der Waals surface area contributed by atoms with Gasteiger partial charge in [-0.1, -0.05) is 18.2 Å². The zero-order chi connectivity index (χ0) is 14.5. The molecular weight excluding hydrogens is 256 g/mol. The van der Waals surface area contributed by atoms with Crippen LogP contribution in [0.15, 0.2) is 18.2 Å². The zero-order valence-corrected chi connectivity index (χ0v) is 12.1. The zero-order valence-electron chi connectivity index (χ0n) is 12.1. The van der Waals surface area contributed by atoms with E-state index in [1.54, 1.807) is 0 Å². The fraction of sp³-hybridized carbons (Fsp3) is 0.533. The minimum absolute atomic E-state index is 0.0106. The Morgan fingerprint density at radius 1 is 1.45 bits per heavy atom. The molecule has 2 N–H and O–H groups in total. The lowest BCUT2D eigenvalue weighted by atomic mass is 10.1. The van der Waals surface area contributed by atoms with Crippen molar-refractivity contribution in [1.29, 1.82) is 0 Å². The second-order valence-electron chi connectivity index (χ2n) is 5.20. The number of nitrogens with one attached hydrogen (secondary N) is 1. The fourth-order valence-electron chi connectivity index (χ4n) is 2.44. The van der Waals surface area contributed by atoms with Crippen LogP contribution < -0.4 is 5.32 Å². The standard InChI is InChI=1S/C15H22N2O3/c1-11-4-3-5-12(2)15(11)16-14(19)8-17-6-7-20-10-13(17)9-18/h3-5,13,18H,6-10H2,1-2H3,(H,16,19). The summed E-state index contributed by atoms with van der Waals surface area (Å²) in [4.78, 5) is 14.1. The monoisotopic (exact) mass is 278 g/mol. The largest absolute Gasteiger partial charge is 0.395 e. The first-order valence-electron chi connectivity index (χ1n) is 6.90. The third-order valence-corrected chi connectivity index (χ3v) is 3.65. The van der Waals surface area contributed by atoms with Crippen molar-refractivity contribution in [3.8, 4) is 0 Å². The smallest absolute Gasteiger partial charge is 0.238 e. The van der Waals surface area contributed by atoms with Crippen molar-refractivity contribution in [2.45, 2.75) is 19.9 Å². The van der Waals surface area contributed by atoms with Crippen molar-refractivity contribution in [2.75, 3.05) is 38.2 Å². The van der Waals surface area contributed by atoms with Gasteiger partial charge in [0.15, 0.2) is 0 Å². The lowest BCUT2D eigenvalue weighted by Crippen LogP contribution is -2.50. The summed E-state index contributed by atoms with van der Waals surface area (Å²) in [5.74, 6) is -0.0530. The first-order chi connectivity index (χ1) is 9.61. The molecule has 20 heavy (non-hydrogen) atoms. The number of carbonyl (C=O) groups excluding carboxylic acids is 1. The molecule has 2 rings (SSSR count). The van der Waals surface area contributed by atoms with Crippen molar-refractivity contribution in [3.63, 3.8) is 0 Å². The molecule has 0 spiro atoms. The molecule has 1 atom stereocenters. The number of aliphatic hydroxyl groups is 1. The van der Waals surface area contributed by atoms with E-state index in [1.165, 1.54) is 0 Å². The SMILES string of the molecule is Cc1cccc(C)c1NC(=O)CN1CCOCC1CO. The number of anilines is 1. The number of hydrogen-bond donors (Lipinski definition) is 2. The molecule has 1 aliphatic heterocycles. The molecule has 0 aliphatic carbocycles. The number of carbonyl (C=O) groups is 1. The van der Waals surface area contributed by atoms with Gasteiger partial charge >= 0.3 is 0 Å². The van der Waals surface area contributed by atoms with E-state index >= 15 is 0 Å². The molecule has 0 saturated carbocycles. The predicted octanol–water partition coefficient (Wildman–Crippen LogP) is 0.935. The Morgan fingerprint density at radius 3 is 2.80 bits per heavy atom. The van der Waals surface area contributed by atoms with Gasteiger partial charge in [0.2, 0.25) is 5.91 Å². The summed E-state index contributed by atoms with van der Waals surface area (Å²) in [7, 11) is 0. The van der Waals surface area contributed by atoms with Crippen LogP contribution in [0, 0.1) is 13.8 Å². The van der Waals surface area contributed by atoms with E-state index in [-0.39, 0.29) is 25.1 Å². The van der Waals surface area contributed by atoms with Crippen LogP contribution in [0.25, 0.3) is 0 Å². The van der Waals surface area contributed by atoms with E-state index in [9.17, 15) is 9.90 Å². The second kappa shape index (κ2) is 6.83. The Balaban J connectivity index is 1.98. The number of ether oxygens (including phenoxy) is 1. The number of amides is 1. The molecule has 0 aromatic heterocycles. The normalized spacial score (nSPS) is 19.9. The molecule has 1 aromatic rings. The Morgan fingerprint density at radius 2 is 2.15 bits per heavy atom. The third kappa shape index (κ3) is 3.56. The highest BCUT2D eigenvalue weighted by molar-refractivity contribution is 5.93. The van der Waals surface area contributed by atoms with E-state index in [1.807, 2.05) is 36.9 Å². The van der Waals surface area contributed by atoms with Crippen LogP contribution in [0.4, 0.5) is 5.69 Å². The minimum Gasteiger partial charge on any atom is -0.395 e. The van der Waals surface area contributed by atoms with Crippen LogP contribution >= 0.6 is 0 Å². The van der Waals surface area contributed by atoms with Gasteiger partial charge in [0, 0.05) is 12.2 Å². The van der Waals surface area contributed by atoms with E-state index in [4.69, 9.17) is 4.74 Å². The molecular formula is C15H22N2O3. The van der Waals surface area contributed by atoms with Gasteiger partial charge in [0.25, 0.3) is 0 Å². The van der Waals surface area contributed by atoms with Gasteiger partial charge in [0.1, 0.15) is 0 Å². The molecule has 1 saturated heterocycles. The maximum absolute atomic E-state index is 12.2. The number of morpholine rings is 1. The number of benzene rings is 1. The lowest BCUT2D eigenvalue weighted by Gasteiger charge is -2.33. The summed E-state index contributed by atoms with van der Waals surface area (Å²) >= 11 is 0. The Kier molecular flexibility index (Phi) is 5.11. The first-order valence-corrected chi connectivity index (χ1v) is 6.90. The molecule has 1 unspecified atom stereocenters. The quantitative estimate of drug-likeness (QED) is 0.860. The van der Waals surface area contributed by atoms with Crippen LogP contribution in [0.2, 0.25) is 0 Å². The summed E-state index contributed by atoms with van der Waals surface area (Å²) in [6.45, 7) is 6.01. The van der Waals surface area contributed by atoms with Crippen LogP contribution in [-0.2, 0) is 9.53 Å². The molecule has 1 aromatic carbocycles. The van der Waals surface area contributed by atoms with Crippen molar-refractivity contribution in [2.24, 2.45) is 0 Å². The van der Waals surface area contributed by atoms with Crippen molar-refractivity contribution in [3.05, 3.63) is 29.3 Å². The van der Waals surface area contributed by atoms with Crippen molar-refractivity contribution in [1.82, 2.24) is 4.90 Å². The van der Waals surface area contributed by atoms with Crippen molar-refractivity contribution >= 4 is 11.6 Å². The third-order valence-electron chi connectivity index (χ3n) is 3.65. The summed E-state index contributed by atoms with van der Waals surface area (Å²) in [5.41, 5.74) is 2.99. The molecule has 5 heteroatoms. The molecule has 1 amide bonds. The van der Waals surface area contributed by atoms with Gasteiger partial charge in [-0.05, 0) is 25.0 Å². The molecule has 0 radical (unpaired) electrons. The number of para-hydroxylation sites is 1. The Bertz CT molecular complexity index is 456. The molecule has 0 bridgehead atoms. The maximum atomic E-state index is 12.2. The molecule has 1 fully saturated rings. The minimum atomic E-state index is -0.0903. The van der Waals surface area contributed by atoms with Crippen LogP contribution in [0.3, 0.4) is 0 Å². The second-order valence-corrected chi connectivity index (χ2v) is 5.20. The molecule has 1 aliphatic rings. The molecule has 1 heterocycles. The number of aryl methyl sites for hydroxylation is 2. The highest BCUT2D eigenvalue weighted by Gasteiger charge is 2.24. The van der Waals surface area contributed by atoms with Gasteiger partial charge in [-0.25, -0.2) is 0 Å². The van der Waals surface area contributed by atoms with Crippen LogP contribution in [0.5, 0.6) is 0 Å². The summed E-state index contributed by atoms with van der Waals surface area (Å²) in [6.07, 6.45) is 0. The summed E-state index contributed by atoms with van der Waals surface area (Å²) < 4.78 is 5.31. The number of rotatable bonds is 4. The average molecular weight is 278 g/mol. The van der Waals surface area contributed by atoms with Gasteiger partial charge in [0.05, 0.1) is 32.4 Å². The fourth-order valence-corrected chi connectivity index (χ4v) is 2.44. The van der Waals surface area contributed by atoms with Crippen LogP contribution in [-0.4, -0.2) is 54.9 Å². The number of hydrogen-bond acceptors (Lipinski definition) is 4. The van der Waals surface area contributed by atoms with Crippen LogP contribution in [0.1, 0.15) is 11.1 Å². The molecule has 110 valence electrons. The molecule has 5 nitrogen and oxygen atoms in total. The van der Waals surface area contributed by atoms with Gasteiger partial charge in [-0.3, -0.25) is 9.69 Å². The average Bonchev–Trinajstić information content (AvgIpc) is 2.44. The summed E-state index contributed by atoms with van der Waals surface area (Å²) in [5, 5.41) is 12.3. The van der Waals surface area contributed by atoms with E-state index < -0.39 is 0 Å². The van der Waals surface area contributed by atoms with Crippen molar-refractivity contribution < 1.29 is 14.6 Å². The van der Waals surface area contributed by atoms with E-state index in [0.29, 0.717) is 19.8 Å². The van der Waals surface area contributed by atoms with Gasteiger partial charge < -0.3 is 15.2 Å². The van der Waals surface area contributed by atoms with E-state index in [2.05, 4.69) is 5.32 Å². The highest BCUT2D eigenvalue weighted by Crippen LogP contribution is 2.19. The first kappa shape index (κ1) is 15.0.